The van der Waals surface area contributed by atoms with Crippen molar-refractivity contribution >= 4 is 11.2 Å². The van der Waals surface area contributed by atoms with E-state index in [0.717, 1.165) is 24.3 Å². The average Bonchev–Trinajstić information content (AvgIpc) is 2.58. The van der Waals surface area contributed by atoms with Gasteiger partial charge in [-0.1, -0.05) is 6.92 Å². The van der Waals surface area contributed by atoms with Gasteiger partial charge >= 0.3 is 0 Å². The van der Waals surface area contributed by atoms with E-state index in [1.807, 2.05) is 0 Å². The van der Waals surface area contributed by atoms with E-state index in [0.29, 0.717) is 5.65 Å². The zero-order chi connectivity index (χ0) is 9.10. The van der Waals surface area contributed by atoms with Gasteiger partial charge in [-0.05, 0) is 6.54 Å². The maximum atomic E-state index is 4.20. The van der Waals surface area contributed by atoms with E-state index in [1.165, 1.54) is 0 Å². The van der Waals surface area contributed by atoms with Crippen molar-refractivity contribution in [3.05, 3.63) is 18.1 Å². The number of hydrogen-bond donors (Lipinski definition) is 2. The fraction of sp³-hybridized carbons (Fsp3) is 0.375. The average molecular weight is 177 g/mol. The van der Waals surface area contributed by atoms with Crippen LogP contribution in [0, 0.1) is 0 Å². The molecule has 2 N–H and O–H groups in total. The standard InChI is InChI=1S/C8H11N5/c1-2-9-5-6-7-8(13-12-6)11-4-3-10-7/h3-4,9H,2,5H2,1H3,(H,11,12,13). The van der Waals surface area contributed by atoms with Gasteiger partial charge in [-0.2, -0.15) is 5.10 Å². The van der Waals surface area contributed by atoms with Crippen molar-refractivity contribution in [3.63, 3.8) is 0 Å². The van der Waals surface area contributed by atoms with Gasteiger partial charge in [0.2, 0.25) is 0 Å². The van der Waals surface area contributed by atoms with E-state index in [1.54, 1.807) is 12.4 Å². The monoisotopic (exact) mass is 177 g/mol. The van der Waals surface area contributed by atoms with E-state index in [2.05, 4.69) is 32.4 Å². The second-order valence-corrected chi connectivity index (χ2v) is 2.71. The Morgan fingerprint density at radius 1 is 1.38 bits per heavy atom. The van der Waals surface area contributed by atoms with Crippen LogP contribution >= 0.6 is 0 Å². The molecule has 13 heavy (non-hydrogen) atoms. The lowest BCUT2D eigenvalue weighted by molar-refractivity contribution is 0.710. The Hall–Kier alpha value is -1.49. The molecule has 0 amide bonds. The van der Waals surface area contributed by atoms with Crippen LogP contribution in [0.3, 0.4) is 0 Å². The maximum Gasteiger partial charge on any atom is 0.199 e. The lowest BCUT2D eigenvalue weighted by Gasteiger charge is -1.96. The molecule has 0 saturated heterocycles. The Morgan fingerprint density at radius 2 is 2.23 bits per heavy atom. The number of aromatic nitrogens is 4. The van der Waals surface area contributed by atoms with Crippen molar-refractivity contribution in [2.45, 2.75) is 13.5 Å². The van der Waals surface area contributed by atoms with Crippen LogP contribution in [-0.2, 0) is 6.54 Å². The zero-order valence-corrected chi connectivity index (χ0v) is 7.41. The molecular weight excluding hydrogens is 166 g/mol. The first-order valence-electron chi connectivity index (χ1n) is 4.26. The van der Waals surface area contributed by atoms with Crippen molar-refractivity contribution in [2.75, 3.05) is 6.54 Å². The molecule has 0 aliphatic heterocycles. The van der Waals surface area contributed by atoms with E-state index >= 15 is 0 Å². The number of fused-ring (bicyclic) bond motifs is 1. The van der Waals surface area contributed by atoms with Crippen LogP contribution in [0.4, 0.5) is 0 Å². The maximum absolute atomic E-state index is 4.20. The van der Waals surface area contributed by atoms with Crippen molar-refractivity contribution in [3.8, 4) is 0 Å². The smallest absolute Gasteiger partial charge is 0.199 e. The van der Waals surface area contributed by atoms with Crippen LogP contribution in [0.15, 0.2) is 12.4 Å². The van der Waals surface area contributed by atoms with Gasteiger partial charge in [0.05, 0.1) is 5.69 Å². The number of nitrogens with zero attached hydrogens (tertiary/aromatic N) is 3. The summed E-state index contributed by atoms with van der Waals surface area (Å²) in [5, 5.41) is 10.1. The van der Waals surface area contributed by atoms with Crippen molar-refractivity contribution < 1.29 is 0 Å². The third-order valence-electron chi connectivity index (χ3n) is 1.81. The molecule has 68 valence electrons. The Kier molecular flexibility index (Phi) is 2.18. The quantitative estimate of drug-likeness (QED) is 0.714. The summed E-state index contributed by atoms with van der Waals surface area (Å²) in [6, 6.07) is 0. The minimum Gasteiger partial charge on any atom is -0.311 e. The minimum atomic E-state index is 0.676. The Morgan fingerprint density at radius 3 is 3.08 bits per heavy atom. The number of nitrogens with one attached hydrogen (secondary N) is 2. The van der Waals surface area contributed by atoms with Crippen molar-refractivity contribution in [1.29, 1.82) is 0 Å². The van der Waals surface area contributed by atoms with Crippen LogP contribution in [0.5, 0.6) is 0 Å². The summed E-state index contributed by atoms with van der Waals surface area (Å²) >= 11 is 0. The molecule has 5 heteroatoms. The van der Waals surface area contributed by atoms with Crippen LogP contribution in [0.25, 0.3) is 11.2 Å². The first-order valence-corrected chi connectivity index (χ1v) is 4.26. The molecule has 2 aromatic rings. The molecule has 2 rings (SSSR count). The highest BCUT2D eigenvalue weighted by Gasteiger charge is 2.04. The van der Waals surface area contributed by atoms with Crippen LogP contribution in [-0.4, -0.2) is 26.7 Å². The number of H-pyrrole nitrogens is 1. The van der Waals surface area contributed by atoms with Gasteiger partial charge in [-0.25, -0.2) is 9.97 Å². The lowest BCUT2D eigenvalue weighted by Crippen LogP contribution is -2.12. The van der Waals surface area contributed by atoms with Crippen LogP contribution in [0.1, 0.15) is 12.6 Å². The zero-order valence-electron chi connectivity index (χ0n) is 7.41. The molecule has 5 nitrogen and oxygen atoms in total. The summed E-state index contributed by atoms with van der Waals surface area (Å²) in [7, 11) is 0. The van der Waals surface area contributed by atoms with Gasteiger partial charge in [-0.15, -0.1) is 0 Å². The molecule has 0 spiro atoms. The van der Waals surface area contributed by atoms with Crippen LogP contribution < -0.4 is 5.32 Å². The molecule has 2 aromatic heterocycles. The Labute approximate surface area is 75.6 Å². The second-order valence-electron chi connectivity index (χ2n) is 2.71. The Balaban J connectivity index is 2.35. The fourth-order valence-electron chi connectivity index (χ4n) is 1.17. The fourth-order valence-corrected chi connectivity index (χ4v) is 1.17. The Bertz CT molecular complexity index is 394. The van der Waals surface area contributed by atoms with Gasteiger partial charge in [0.25, 0.3) is 0 Å². The SMILES string of the molecule is CCNCc1[nH]nc2nccnc12. The van der Waals surface area contributed by atoms with E-state index in [4.69, 9.17) is 0 Å². The summed E-state index contributed by atoms with van der Waals surface area (Å²) in [4.78, 5) is 8.28. The molecule has 0 aromatic carbocycles. The second kappa shape index (κ2) is 3.49. The first-order chi connectivity index (χ1) is 6.42. The highest BCUT2D eigenvalue weighted by Crippen LogP contribution is 2.08. The predicted octanol–water partition coefficient (Wildman–Crippen LogP) is 0.462. The number of aromatic amines is 1. The summed E-state index contributed by atoms with van der Waals surface area (Å²) in [5.74, 6) is 0. The lowest BCUT2D eigenvalue weighted by atomic mass is 10.4. The summed E-state index contributed by atoms with van der Waals surface area (Å²) in [5.41, 5.74) is 2.52. The molecule has 0 radical (unpaired) electrons. The molecule has 0 aliphatic carbocycles. The summed E-state index contributed by atoms with van der Waals surface area (Å²) < 4.78 is 0. The van der Waals surface area contributed by atoms with E-state index in [-0.39, 0.29) is 0 Å². The van der Waals surface area contributed by atoms with Gasteiger partial charge in [0.1, 0.15) is 5.52 Å². The first kappa shape index (κ1) is 8.12. The number of rotatable bonds is 3. The largest absolute Gasteiger partial charge is 0.311 e. The van der Waals surface area contributed by atoms with E-state index in [9.17, 15) is 0 Å². The van der Waals surface area contributed by atoms with Gasteiger partial charge in [0, 0.05) is 18.9 Å². The highest BCUT2D eigenvalue weighted by molar-refractivity contribution is 5.71. The van der Waals surface area contributed by atoms with Gasteiger partial charge in [-0.3, -0.25) is 5.10 Å². The molecule has 0 saturated carbocycles. The molecule has 0 fully saturated rings. The molecule has 0 bridgehead atoms. The normalized spacial score (nSPS) is 10.8. The van der Waals surface area contributed by atoms with Crippen molar-refractivity contribution in [1.82, 2.24) is 25.5 Å². The van der Waals surface area contributed by atoms with Gasteiger partial charge < -0.3 is 5.32 Å². The molecular formula is C8H11N5. The molecule has 0 atom stereocenters. The minimum absolute atomic E-state index is 0.676. The topological polar surface area (TPSA) is 66.5 Å². The highest BCUT2D eigenvalue weighted by atomic mass is 15.2. The van der Waals surface area contributed by atoms with E-state index < -0.39 is 0 Å². The summed E-state index contributed by atoms with van der Waals surface area (Å²) in [6.07, 6.45) is 3.31. The summed E-state index contributed by atoms with van der Waals surface area (Å²) in [6.45, 7) is 3.75. The number of hydrogen-bond acceptors (Lipinski definition) is 4. The van der Waals surface area contributed by atoms with Crippen molar-refractivity contribution in [2.24, 2.45) is 0 Å². The third kappa shape index (κ3) is 1.50. The molecule has 2 heterocycles. The molecule has 0 unspecified atom stereocenters. The third-order valence-corrected chi connectivity index (χ3v) is 1.81. The van der Waals surface area contributed by atoms with Gasteiger partial charge in [0.15, 0.2) is 5.65 Å². The molecule has 0 aliphatic rings. The van der Waals surface area contributed by atoms with Crippen LogP contribution in [0.2, 0.25) is 0 Å². The predicted molar refractivity (Wildman–Crippen MR) is 49.1 cm³/mol.